The molecule has 0 unspecified atom stereocenters. The molecule has 128 valence electrons. The molecule has 0 aliphatic rings. The van der Waals surface area contributed by atoms with Gasteiger partial charge in [-0.3, -0.25) is 0 Å². The molecule has 1 aromatic heterocycles. The normalized spacial score (nSPS) is 11.4. The zero-order chi connectivity index (χ0) is 17.6. The van der Waals surface area contributed by atoms with Crippen molar-refractivity contribution in [3.05, 3.63) is 76.5 Å². The fourth-order valence-corrected chi connectivity index (χ4v) is 2.88. The standard InChI is InChI=1S/C18H16ClFN4S/c1-12(21-11-13-5-3-2-4-6-13)9-17-23-18(25-24-17)22-14-7-8-16(20)15(19)10-14/h2-10,21H,11H2,1H3,(H,22,23,24). The number of aromatic nitrogens is 2. The third-order valence-corrected chi connectivity index (χ3v) is 4.31. The SMILES string of the molecule is CC(=Cc1nsc(Nc2ccc(F)c(Cl)c2)n1)NCc1ccccc1. The van der Waals surface area contributed by atoms with Gasteiger partial charge in [-0.1, -0.05) is 41.9 Å². The number of nitrogens with one attached hydrogen (secondary N) is 2. The zero-order valence-electron chi connectivity index (χ0n) is 13.5. The predicted molar refractivity (Wildman–Crippen MR) is 102 cm³/mol. The molecule has 2 N–H and O–H groups in total. The van der Waals surface area contributed by atoms with Crippen LogP contribution in [0.25, 0.3) is 6.08 Å². The van der Waals surface area contributed by atoms with Crippen LogP contribution in [-0.4, -0.2) is 9.36 Å². The van der Waals surface area contributed by atoms with Crippen molar-refractivity contribution in [2.75, 3.05) is 5.32 Å². The number of allylic oxidation sites excluding steroid dienone is 1. The van der Waals surface area contributed by atoms with Gasteiger partial charge in [-0.15, -0.1) is 0 Å². The fourth-order valence-electron chi connectivity index (χ4n) is 2.12. The van der Waals surface area contributed by atoms with Crippen LogP contribution in [0, 0.1) is 5.82 Å². The van der Waals surface area contributed by atoms with Crippen molar-refractivity contribution in [3.63, 3.8) is 0 Å². The third kappa shape index (κ3) is 5.01. The minimum absolute atomic E-state index is 0.0654. The van der Waals surface area contributed by atoms with Crippen LogP contribution in [-0.2, 0) is 6.54 Å². The van der Waals surface area contributed by atoms with Gasteiger partial charge in [0, 0.05) is 35.5 Å². The molecule has 0 saturated carbocycles. The van der Waals surface area contributed by atoms with E-state index in [4.69, 9.17) is 11.6 Å². The van der Waals surface area contributed by atoms with Crippen LogP contribution in [0.15, 0.2) is 54.2 Å². The first kappa shape index (κ1) is 17.4. The average Bonchev–Trinajstić information content (AvgIpc) is 3.04. The highest BCUT2D eigenvalue weighted by atomic mass is 35.5. The maximum atomic E-state index is 13.2. The fraction of sp³-hybridized carbons (Fsp3) is 0.111. The number of halogens is 2. The second-order valence-corrected chi connectivity index (χ2v) is 6.54. The Balaban J connectivity index is 1.61. The largest absolute Gasteiger partial charge is 0.384 e. The number of hydrogen-bond donors (Lipinski definition) is 2. The summed E-state index contributed by atoms with van der Waals surface area (Å²) in [5.74, 6) is 0.159. The van der Waals surface area contributed by atoms with E-state index in [0.29, 0.717) is 16.6 Å². The summed E-state index contributed by atoms with van der Waals surface area (Å²) in [4.78, 5) is 4.40. The average molecular weight is 375 g/mol. The molecule has 2 aromatic carbocycles. The maximum Gasteiger partial charge on any atom is 0.207 e. The molecule has 0 aliphatic carbocycles. The quantitative estimate of drug-likeness (QED) is 0.620. The first-order chi connectivity index (χ1) is 12.1. The first-order valence-corrected chi connectivity index (χ1v) is 8.77. The maximum absolute atomic E-state index is 13.2. The van der Waals surface area contributed by atoms with Gasteiger partial charge >= 0.3 is 0 Å². The van der Waals surface area contributed by atoms with Crippen molar-refractivity contribution in [1.29, 1.82) is 0 Å². The second kappa shape index (κ2) is 8.09. The molecule has 3 rings (SSSR count). The van der Waals surface area contributed by atoms with Crippen molar-refractivity contribution in [2.45, 2.75) is 13.5 Å². The Hall–Kier alpha value is -2.44. The van der Waals surface area contributed by atoms with E-state index >= 15 is 0 Å². The summed E-state index contributed by atoms with van der Waals surface area (Å²) < 4.78 is 17.5. The van der Waals surface area contributed by atoms with Gasteiger partial charge in [0.2, 0.25) is 5.13 Å². The summed E-state index contributed by atoms with van der Waals surface area (Å²) >= 11 is 7.00. The molecule has 0 spiro atoms. The lowest BCUT2D eigenvalue weighted by Crippen LogP contribution is -2.10. The van der Waals surface area contributed by atoms with E-state index in [2.05, 4.69) is 32.1 Å². The summed E-state index contributed by atoms with van der Waals surface area (Å²) in [6, 6.07) is 14.6. The van der Waals surface area contributed by atoms with E-state index in [-0.39, 0.29) is 5.02 Å². The van der Waals surface area contributed by atoms with Crippen LogP contribution in [0.2, 0.25) is 5.02 Å². The van der Waals surface area contributed by atoms with E-state index in [9.17, 15) is 4.39 Å². The van der Waals surface area contributed by atoms with Gasteiger partial charge < -0.3 is 10.6 Å². The van der Waals surface area contributed by atoms with E-state index in [1.807, 2.05) is 31.2 Å². The van der Waals surface area contributed by atoms with Crippen LogP contribution >= 0.6 is 23.1 Å². The second-order valence-electron chi connectivity index (χ2n) is 5.38. The Morgan fingerprint density at radius 2 is 2.04 bits per heavy atom. The van der Waals surface area contributed by atoms with Gasteiger partial charge in [0.1, 0.15) is 5.82 Å². The van der Waals surface area contributed by atoms with Gasteiger partial charge in [0.25, 0.3) is 0 Å². The van der Waals surface area contributed by atoms with E-state index in [0.717, 1.165) is 12.2 Å². The summed E-state index contributed by atoms with van der Waals surface area (Å²) in [5, 5.41) is 7.07. The van der Waals surface area contributed by atoms with Crippen molar-refractivity contribution >= 4 is 40.0 Å². The molecule has 0 fully saturated rings. The third-order valence-electron chi connectivity index (χ3n) is 3.37. The van der Waals surface area contributed by atoms with Gasteiger partial charge in [-0.25, -0.2) is 4.39 Å². The summed E-state index contributed by atoms with van der Waals surface area (Å²) in [5.41, 5.74) is 2.84. The van der Waals surface area contributed by atoms with E-state index < -0.39 is 5.82 Å². The molecule has 4 nitrogen and oxygen atoms in total. The smallest absolute Gasteiger partial charge is 0.207 e. The minimum Gasteiger partial charge on any atom is -0.384 e. The Morgan fingerprint density at radius 3 is 2.80 bits per heavy atom. The number of hydrogen-bond acceptors (Lipinski definition) is 5. The molecular weight excluding hydrogens is 359 g/mol. The molecule has 0 saturated heterocycles. The van der Waals surface area contributed by atoms with Gasteiger partial charge in [0.05, 0.1) is 5.02 Å². The monoisotopic (exact) mass is 374 g/mol. The number of nitrogens with zero attached hydrogens (tertiary/aromatic N) is 2. The summed E-state index contributed by atoms with van der Waals surface area (Å²) in [6.07, 6.45) is 1.88. The van der Waals surface area contributed by atoms with Crippen molar-refractivity contribution in [3.8, 4) is 0 Å². The molecule has 0 atom stereocenters. The molecular formula is C18H16ClFN4S. The Labute approximate surface area is 154 Å². The topological polar surface area (TPSA) is 49.8 Å². The molecule has 0 bridgehead atoms. The van der Waals surface area contributed by atoms with Crippen LogP contribution in [0.1, 0.15) is 18.3 Å². The summed E-state index contributed by atoms with van der Waals surface area (Å²) in [6.45, 7) is 2.71. The zero-order valence-corrected chi connectivity index (χ0v) is 15.0. The predicted octanol–water partition coefficient (Wildman–Crippen LogP) is 5.22. The molecule has 7 heteroatoms. The van der Waals surface area contributed by atoms with Gasteiger partial charge in [0.15, 0.2) is 5.82 Å². The number of rotatable bonds is 6. The Bertz CT molecular complexity index is 880. The molecule has 0 amide bonds. The van der Waals surface area contributed by atoms with Gasteiger partial charge in [-0.2, -0.15) is 9.36 Å². The van der Waals surface area contributed by atoms with E-state index in [1.54, 1.807) is 6.07 Å². The molecule has 1 heterocycles. The van der Waals surface area contributed by atoms with Crippen LogP contribution in [0.5, 0.6) is 0 Å². The highest BCUT2D eigenvalue weighted by Gasteiger charge is 2.05. The van der Waals surface area contributed by atoms with Crippen molar-refractivity contribution in [1.82, 2.24) is 14.7 Å². The van der Waals surface area contributed by atoms with Crippen molar-refractivity contribution in [2.24, 2.45) is 0 Å². The van der Waals surface area contributed by atoms with Gasteiger partial charge in [-0.05, 0) is 30.7 Å². The highest BCUT2D eigenvalue weighted by molar-refractivity contribution is 7.09. The Kier molecular flexibility index (Phi) is 5.63. The van der Waals surface area contributed by atoms with E-state index in [1.165, 1.54) is 29.2 Å². The molecule has 25 heavy (non-hydrogen) atoms. The lowest BCUT2D eigenvalue weighted by Gasteiger charge is -2.05. The number of anilines is 2. The lowest BCUT2D eigenvalue weighted by molar-refractivity contribution is 0.628. The van der Waals surface area contributed by atoms with Crippen LogP contribution in [0.3, 0.4) is 0 Å². The summed E-state index contributed by atoms with van der Waals surface area (Å²) in [7, 11) is 0. The Morgan fingerprint density at radius 1 is 1.24 bits per heavy atom. The molecule has 0 aliphatic heterocycles. The van der Waals surface area contributed by atoms with Crippen molar-refractivity contribution < 1.29 is 4.39 Å². The molecule has 3 aromatic rings. The lowest BCUT2D eigenvalue weighted by atomic mass is 10.2. The van der Waals surface area contributed by atoms with Crippen LogP contribution < -0.4 is 10.6 Å². The minimum atomic E-state index is -0.451. The first-order valence-electron chi connectivity index (χ1n) is 7.62. The molecule has 0 radical (unpaired) electrons. The number of benzene rings is 2. The van der Waals surface area contributed by atoms with Crippen LogP contribution in [0.4, 0.5) is 15.2 Å². The highest BCUT2D eigenvalue weighted by Crippen LogP contribution is 2.24.